The van der Waals surface area contributed by atoms with E-state index in [2.05, 4.69) is 31.2 Å². The van der Waals surface area contributed by atoms with E-state index >= 15 is 0 Å². The van der Waals surface area contributed by atoms with E-state index in [9.17, 15) is 4.79 Å². The molecule has 78 valence electrons. The van der Waals surface area contributed by atoms with Gasteiger partial charge in [-0.3, -0.25) is 0 Å². The van der Waals surface area contributed by atoms with Gasteiger partial charge in [-0.1, -0.05) is 54.4 Å². The second-order valence-electron chi connectivity index (χ2n) is 4.67. The zero-order valence-corrected chi connectivity index (χ0v) is 9.28. The molecule has 1 saturated heterocycles. The Hall–Kier alpha value is -1.05. The predicted molar refractivity (Wildman–Crippen MR) is 65.0 cm³/mol. The van der Waals surface area contributed by atoms with E-state index in [-0.39, 0.29) is 0 Å². The van der Waals surface area contributed by atoms with E-state index in [0.29, 0.717) is 12.6 Å². The fourth-order valence-electron chi connectivity index (χ4n) is 2.49. The average molecular weight is 200 g/mol. The molecular formula is C13H17BO. The third-order valence-corrected chi connectivity index (χ3v) is 3.46. The van der Waals surface area contributed by atoms with Gasteiger partial charge in [0.2, 0.25) is 0 Å². The Balaban J connectivity index is 2.09. The van der Waals surface area contributed by atoms with E-state index < -0.39 is 0 Å². The normalized spacial score (nSPS) is 21.4. The maximum atomic E-state index is 10.8. The van der Waals surface area contributed by atoms with Crippen molar-refractivity contribution < 1.29 is 4.79 Å². The SMILES string of the molecule is Cc1ccc(B2CCCC(C=O)C2)cc1. The van der Waals surface area contributed by atoms with Crippen LogP contribution in [0.25, 0.3) is 0 Å². The van der Waals surface area contributed by atoms with E-state index in [1.54, 1.807) is 0 Å². The predicted octanol–water partition coefficient (Wildman–Crippen LogP) is 2.31. The Bertz CT molecular complexity index is 331. The zero-order chi connectivity index (χ0) is 10.7. The fraction of sp³-hybridized carbons (Fsp3) is 0.462. The molecule has 0 spiro atoms. The molecule has 1 atom stereocenters. The van der Waals surface area contributed by atoms with Gasteiger partial charge in [-0.2, -0.15) is 0 Å². The van der Waals surface area contributed by atoms with Gasteiger partial charge in [0.1, 0.15) is 6.29 Å². The molecule has 1 heterocycles. The summed E-state index contributed by atoms with van der Waals surface area (Å²) in [6.07, 6.45) is 5.72. The maximum Gasteiger partial charge on any atom is 0.176 e. The molecule has 1 fully saturated rings. The number of aldehydes is 1. The number of aryl methyl sites for hydroxylation is 1. The minimum Gasteiger partial charge on any atom is -0.303 e. The highest BCUT2D eigenvalue weighted by molar-refractivity contribution is 6.73. The molecule has 1 nitrogen and oxygen atoms in total. The molecule has 1 aromatic rings. The fourth-order valence-corrected chi connectivity index (χ4v) is 2.49. The standard InChI is InChI=1S/C13H17BO/c1-11-4-6-13(7-5-11)14-8-2-3-12(9-14)10-15/h4-7,10,12H,2-3,8-9H2,1H3. The number of benzene rings is 1. The van der Waals surface area contributed by atoms with E-state index in [0.717, 1.165) is 19.0 Å². The van der Waals surface area contributed by atoms with Gasteiger partial charge in [-0.15, -0.1) is 0 Å². The van der Waals surface area contributed by atoms with Gasteiger partial charge in [-0.05, 0) is 13.3 Å². The molecule has 0 aromatic heterocycles. The molecule has 1 unspecified atom stereocenters. The van der Waals surface area contributed by atoms with Gasteiger partial charge in [0.15, 0.2) is 6.71 Å². The molecule has 0 N–H and O–H groups in total. The molecule has 2 rings (SSSR count). The first kappa shape index (κ1) is 10.5. The molecule has 0 radical (unpaired) electrons. The number of rotatable bonds is 2. The minimum absolute atomic E-state index is 0.296. The maximum absolute atomic E-state index is 10.8. The van der Waals surface area contributed by atoms with Crippen molar-refractivity contribution in [3.63, 3.8) is 0 Å². The van der Waals surface area contributed by atoms with Crippen LogP contribution in [0.15, 0.2) is 24.3 Å². The summed E-state index contributed by atoms with van der Waals surface area (Å²) >= 11 is 0. The molecule has 1 aliphatic heterocycles. The molecule has 1 aliphatic rings. The van der Waals surface area contributed by atoms with Crippen molar-refractivity contribution in [2.45, 2.75) is 32.4 Å². The van der Waals surface area contributed by atoms with Crippen molar-refractivity contribution in [3.8, 4) is 0 Å². The first-order chi connectivity index (χ1) is 7.29. The molecule has 0 saturated carbocycles. The number of carbonyl (C=O) groups excluding carboxylic acids is 1. The van der Waals surface area contributed by atoms with Gasteiger partial charge in [0, 0.05) is 5.92 Å². The first-order valence-electron chi connectivity index (χ1n) is 5.81. The van der Waals surface area contributed by atoms with Crippen molar-refractivity contribution in [2.24, 2.45) is 5.92 Å². The number of hydrogen-bond acceptors (Lipinski definition) is 1. The van der Waals surface area contributed by atoms with Crippen LogP contribution in [-0.2, 0) is 4.79 Å². The van der Waals surface area contributed by atoms with Crippen molar-refractivity contribution in [1.29, 1.82) is 0 Å². The molecule has 2 heteroatoms. The summed E-state index contributed by atoms with van der Waals surface area (Å²) in [5, 5.41) is 0. The van der Waals surface area contributed by atoms with Crippen LogP contribution >= 0.6 is 0 Å². The summed E-state index contributed by atoms with van der Waals surface area (Å²) < 4.78 is 0. The number of hydrogen-bond donors (Lipinski definition) is 0. The van der Waals surface area contributed by atoms with Crippen LogP contribution in [0.2, 0.25) is 12.6 Å². The van der Waals surface area contributed by atoms with Gasteiger partial charge in [-0.25, -0.2) is 0 Å². The van der Waals surface area contributed by atoms with E-state index in [1.807, 2.05) is 0 Å². The molecule has 0 bridgehead atoms. The lowest BCUT2D eigenvalue weighted by Crippen LogP contribution is -2.35. The molecule has 1 aromatic carbocycles. The highest BCUT2D eigenvalue weighted by Crippen LogP contribution is 2.23. The van der Waals surface area contributed by atoms with Crippen LogP contribution in [-0.4, -0.2) is 13.0 Å². The first-order valence-corrected chi connectivity index (χ1v) is 5.81. The van der Waals surface area contributed by atoms with Crippen LogP contribution in [0.1, 0.15) is 18.4 Å². The highest BCUT2D eigenvalue weighted by Gasteiger charge is 2.25. The topological polar surface area (TPSA) is 17.1 Å². The van der Waals surface area contributed by atoms with Gasteiger partial charge in [0.05, 0.1) is 0 Å². The van der Waals surface area contributed by atoms with Crippen LogP contribution < -0.4 is 5.46 Å². The molecule has 0 aliphatic carbocycles. The molecule has 15 heavy (non-hydrogen) atoms. The second kappa shape index (κ2) is 4.65. The van der Waals surface area contributed by atoms with Gasteiger partial charge in [0.25, 0.3) is 0 Å². The Morgan fingerprint density at radius 2 is 2.07 bits per heavy atom. The Morgan fingerprint density at radius 3 is 2.73 bits per heavy atom. The van der Waals surface area contributed by atoms with Gasteiger partial charge >= 0.3 is 0 Å². The third-order valence-electron chi connectivity index (χ3n) is 3.46. The van der Waals surface area contributed by atoms with Crippen LogP contribution in [0, 0.1) is 12.8 Å². The largest absolute Gasteiger partial charge is 0.303 e. The van der Waals surface area contributed by atoms with Crippen molar-refractivity contribution in [2.75, 3.05) is 0 Å². The van der Waals surface area contributed by atoms with E-state index in [4.69, 9.17) is 0 Å². The minimum atomic E-state index is 0.296. The van der Waals surface area contributed by atoms with Crippen LogP contribution in [0.3, 0.4) is 0 Å². The van der Waals surface area contributed by atoms with Gasteiger partial charge < -0.3 is 4.79 Å². The summed E-state index contributed by atoms with van der Waals surface area (Å²) in [5.74, 6) is 0.296. The summed E-state index contributed by atoms with van der Waals surface area (Å²) in [6.45, 7) is 2.72. The molecular weight excluding hydrogens is 183 g/mol. The third kappa shape index (κ3) is 2.50. The van der Waals surface area contributed by atoms with Crippen molar-refractivity contribution >= 4 is 18.5 Å². The van der Waals surface area contributed by atoms with Crippen LogP contribution in [0.4, 0.5) is 0 Å². The lowest BCUT2D eigenvalue weighted by molar-refractivity contribution is -0.110. The Kier molecular flexibility index (Phi) is 3.25. The monoisotopic (exact) mass is 200 g/mol. The summed E-state index contributed by atoms with van der Waals surface area (Å²) in [7, 11) is 0. The van der Waals surface area contributed by atoms with E-state index in [1.165, 1.54) is 23.8 Å². The smallest absolute Gasteiger partial charge is 0.176 e. The Labute approximate surface area is 92.0 Å². The van der Waals surface area contributed by atoms with Crippen molar-refractivity contribution in [1.82, 2.24) is 0 Å². The second-order valence-corrected chi connectivity index (χ2v) is 4.67. The quantitative estimate of drug-likeness (QED) is 0.528. The number of carbonyl (C=O) groups is 1. The highest BCUT2D eigenvalue weighted by atomic mass is 16.1. The lowest BCUT2D eigenvalue weighted by Gasteiger charge is -2.23. The van der Waals surface area contributed by atoms with Crippen LogP contribution in [0.5, 0.6) is 0 Å². The van der Waals surface area contributed by atoms with Crippen molar-refractivity contribution in [3.05, 3.63) is 29.8 Å². The molecule has 0 amide bonds. The Morgan fingerprint density at radius 1 is 1.33 bits per heavy atom. The zero-order valence-electron chi connectivity index (χ0n) is 9.28. The summed E-state index contributed by atoms with van der Waals surface area (Å²) in [5.41, 5.74) is 2.72. The summed E-state index contributed by atoms with van der Waals surface area (Å²) in [6, 6.07) is 8.76. The average Bonchev–Trinajstić information content (AvgIpc) is 2.30. The lowest BCUT2D eigenvalue weighted by atomic mass is 9.36. The summed E-state index contributed by atoms with van der Waals surface area (Å²) in [4.78, 5) is 10.8.